The van der Waals surface area contributed by atoms with E-state index in [0.717, 1.165) is 32.1 Å². The first-order valence-corrected chi connectivity index (χ1v) is 25.6. The van der Waals surface area contributed by atoms with Crippen molar-refractivity contribution in [2.24, 2.45) is 0 Å². The van der Waals surface area contributed by atoms with E-state index >= 15 is 0 Å². The van der Waals surface area contributed by atoms with Gasteiger partial charge < -0.3 is 18.9 Å². The minimum Gasteiger partial charge on any atom is -0.462 e. The molecule has 0 aliphatic heterocycles. The van der Waals surface area contributed by atoms with E-state index < -0.39 is 26.5 Å². The molecule has 58 heavy (non-hydrogen) atoms. The zero-order valence-corrected chi connectivity index (χ0v) is 39.4. The highest BCUT2D eigenvalue weighted by Crippen LogP contribution is 2.43. The Kier molecular flexibility index (Phi) is 39.8. The van der Waals surface area contributed by atoms with Gasteiger partial charge in [0, 0.05) is 12.5 Å². The SMILES string of the molecule is CCCCCCCCCCCCC/C=C/C=C/C(=O)O[C@H](COC(=O)CCCCCCCCCCCCCCCCCCCCC)COP(=O)(O)OCC[N+](C)(C)C. The van der Waals surface area contributed by atoms with Crippen LogP contribution in [0.5, 0.6) is 0 Å². The number of ether oxygens (including phenoxy) is 2. The molecule has 0 saturated heterocycles. The Morgan fingerprint density at radius 1 is 0.569 bits per heavy atom. The number of esters is 2. The Morgan fingerprint density at radius 3 is 1.41 bits per heavy atom. The van der Waals surface area contributed by atoms with Crippen molar-refractivity contribution < 1.29 is 42.1 Å². The Labute approximate surface area is 358 Å². The average molecular weight is 843 g/mol. The highest BCUT2D eigenvalue weighted by molar-refractivity contribution is 7.47. The van der Waals surface area contributed by atoms with E-state index in [1.165, 1.54) is 173 Å². The number of phosphoric acid groups is 1. The highest BCUT2D eigenvalue weighted by atomic mass is 31.2. The van der Waals surface area contributed by atoms with Gasteiger partial charge in [-0.25, -0.2) is 9.36 Å². The first-order chi connectivity index (χ1) is 28.0. The number of carbonyl (C=O) groups is 2. The number of likely N-dealkylation sites (N-methyl/N-ethyl adjacent to an activating group) is 1. The molecule has 0 aliphatic carbocycles. The Bertz CT molecular complexity index is 1040. The molecule has 2 atom stereocenters. The number of allylic oxidation sites excluding steroid dienone is 3. The summed E-state index contributed by atoms with van der Waals surface area (Å²) in [6.45, 7) is 4.33. The van der Waals surface area contributed by atoms with Gasteiger partial charge in [-0.1, -0.05) is 212 Å². The fourth-order valence-corrected chi connectivity index (χ4v) is 7.55. The lowest BCUT2D eigenvalue weighted by atomic mass is 10.0. The molecule has 1 unspecified atom stereocenters. The maximum absolute atomic E-state index is 12.6. The summed E-state index contributed by atoms with van der Waals surface area (Å²) in [6.07, 6.45) is 45.8. The molecule has 0 fully saturated rings. The van der Waals surface area contributed by atoms with E-state index in [4.69, 9.17) is 18.5 Å². The van der Waals surface area contributed by atoms with Gasteiger partial charge in [0.1, 0.15) is 19.8 Å². The monoisotopic (exact) mass is 843 g/mol. The molecule has 10 heteroatoms. The van der Waals surface area contributed by atoms with Crippen LogP contribution in [-0.2, 0) is 32.7 Å². The summed E-state index contributed by atoms with van der Waals surface area (Å²) in [5.41, 5.74) is 0. The van der Waals surface area contributed by atoms with Gasteiger partial charge in [-0.3, -0.25) is 13.8 Å². The second-order valence-electron chi connectivity index (χ2n) is 17.6. The molecule has 0 aromatic heterocycles. The van der Waals surface area contributed by atoms with Crippen LogP contribution in [0, 0.1) is 0 Å². The highest BCUT2D eigenvalue weighted by Gasteiger charge is 2.26. The number of unbranched alkanes of at least 4 members (excludes halogenated alkanes) is 29. The van der Waals surface area contributed by atoms with Crippen LogP contribution in [-0.4, -0.2) is 74.9 Å². The lowest BCUT2D eigenvalue weighted by Crippen LogP contribution is -2.37. The Hall–Kier alpha value is -1.51. The van der Waals surface area contributed by atoms with Crippen molar-refractivity contribution >= 4 is 19.8 Å². The van der Waals surface area contributed by atoms with Crippen LogP contribution in [0.1, 0.15) is 219 Å². The minimum atomic E-state index is -4.40. The van der Waals surface area contributed by atoms with Gasteiger partial charge in [-0.15, -0.1) is 0 Å². The summed E-state index contributed by atoms with van der Waals surface area (Å²) < 4.78 is 34.2. The van der Waals surface area contributed by atoms with E-state index in [1.807, 2.05) is 33.3 Å². The normalized spacial score (nSPS) is 13.7. The molecule has 0 aliphatic rings. The summed E-state index contributed by atoms with van der Waals surface area (Å²) in [5.74, 6) is -1.04. The van der Waals surface area contributed by atoms with Gasteiger partial charge >= 0.3 is 19.8 Å². The number of phosphoric ester groups is 1. The summed E-state index contributed by atoms with van der Waals surface area (Å²) >= 11 is 0. The van der Waals surface area contributed by atoms with E-state index in [-0.39, 0.29) is 25.6 Å². The number of hydrogen-bond donors (Lipinski definition) is 1. The number of hydrogen-bond acceptors (Lipinski definition) is 7. The molecule has 0 spiro atoms. The first kappa shape index (κ1) is 56.5. The zero-order chi connectivity index (χ0) is 42.8. The third-order valence-electron chi connectivity index (χ3n) is 10.6. The third-order valence-corrected chi connectivity index (χ3v) is 11.6. The molecule has 0 radical (unpaired) electrons. The van der Waals surface area contributed by atoms with Crippen molar-refractivity contribution in [2.75, 3.05) is 47.5 Å². The molecule has 0 saturated carbocycles. The molecule has 0 aromatic carbocycles. The standard InChI is InChI=1S/C48H92NO8P/c1-6-8-10-12-14-16-18-20-22-23-24-25-27-28-30-32-34-36-38-40-47(50)54-44-46(45-56-58(52,53)55-43-42-49(3,4)5)57-48(51)41-39-37-35-33-31-29-26-21-19-17-15-13-11-9-7-2/h35,37,39,41,46H,6-34,36,38,40,42-45H2,1-5H3/p+1/b37-35+,41-39+/t46-/m1/s1. The van der Waals surface area contributed by atoms with Crippen LogP contribution in [0.25, 0.3) is 0 Å². The molecular weight excluding hydrogens is 750 g/mol. The van der Waals surface area contributed by atoms with E-state index in [9.17, 15) is 19.0 Å². The van der Waals surface area contributed by atoms with Crippen LogP contribution < -0.4 is 0 Å². The summed E-state index contributed by atoms with van der Waals surface area (Å²) in [7, 11) is 1.43. The average Bonchev–Trinajstić information content (AvgIpc) is 3.17. The van der Waals surface area contributed by atoms with Crippen molar-refractivity contribution in [3.8, 4) is 0 Å². The fourth-order valence-electron chi connectivity index (χ4n) is 6.81. The lowest BCUT2D eigenvalue weighted by Gasteiger charge is -2.24. The number of rotatable bonds is 44. The van der Waals surface area contributed by atoms with E-state index in [0.29, 0.717) is 11.0 Å². The number of quaternary nitrogens is 1. The molecule has 0 heterocycles. The predicted octanol–water partition coefficient (Wildman–Crippen LogP) is 13.9. The number of nitrogens with zero attached hydrogens (tertiary/aromatic N) is 1. The van der Waals surface area contributed by atoms with Gasteiger partial charge in [0.2, 0.25) is 0 Å². The van der Waals surface area contributed by atoms with Crippen molar-refractivity contribution in [3.63, 3.8) is 0 Å². The van der Waals surface area contributed by atoms with Crippen LogP contribution in [0.3, 0.4) is 0 Å². The third kappa shape index (κ3) is 44.1. The topological polar surface area (TPSA) is 108 Å². The molecule has 342 valence electrons. The largest absolute Gasteiger partial charge is 0.472 e. The zero-order valence-electron chi connectivity index (χ0n) is 38.5. The van der Waals surface area contributed by atoms with Gasteiger partial charge in [0.15, 0.2) is 6.10 Å². The van der Waals surface area contributed by atoms with Crippen LogP contribution >= 0.6 is 7.82 Å². The Morgan fingerprint density at radius 2 is 0.983 bits per heavy atom. The van der Waals surface area contributed by atoms with Crippen molar-refractivity contribution in [2.45, 2.75) is 225 Å². The molecule has 0 amide bonds. The molecule has 0 rings (SSSR count). The molecule has 1 N–H and O–H groups in total. The molecular formula is C48H93NO8P+. The van der Waals surface area contributed by atoms with Crippen molar-refractivity contribution in [3.05, 3.63) is 24.3 Å². The second-order valence-corrected chi connectivity index (χ2v) is 19.0. The minimum absolute atomic E-state index is 0.0183. The number of carbonyl (C=O) groups excluding carboxylic acids is 2. The van der Waals surface area contributed by atoms with E-state index in [1.54, 1.807) is 6.08 Å². The van der Waals surface area contributed by atoms with Crippen LogP contribution in [0.15, 0.2) is 24.3 Å². The fraction of sp³-hybridized carbons (Fsp3) is 0.875. The smallest absolute Gasteiger partial charge is 0.462 e. The van der Waals surface area contributed by atoms with Crippen LogP contribution in [0.4, 0.5) is 0 Å². The van der Waals surface area contributed by atoms with Gasteiger partial charge in [-0.2, -0.15) is 0 Å². The van der Waals surface area contributed by atoms with E-state index in [2.05, 4.69) is 13.8 Å². The molecule has 9 nitrogen and oxygen atoms in total. The quantitative estimate of drug-likeness (QED) is 0.0161. The first-order valence-electron chi connectivity index (χ1n) is 24.1. The second kappa shape index (κ2) is 40.9. The maximum Gasteiger partial charge on any atom is 0.472 e. The van der Waals surface area contributed by atoms with Gasteiger partial charge in [-0.05, 0) is 19.3 Å². The van der Waals surface area contributed by atoms with Crippen molar-refractivity contribution in [1.29, 1.82) is 0 Å². The van der Waals surface area contributed by atoms with Gasteiger partial charge in [0.05, 0.1) is 27.7 Å². The van der Waals surface area contributed by atoms with Gasteiger partial charge in [0.25, 0.3) is 0 Å². The maximum atomic E-state index is 12.6. The summed E-state index contributed by atoms with van der Waals surface area (Å²) in [5, 5.41) is 0. The summed E-state index contributed by atoms with van der Waals surface area (Å²) in [4.78, 5) is 35.3. The molecule has 0 aromatic rings. The van der Waals surface area contributed by atoms with Crippen molar-refractivity contribution in [1.82, 2.24) is 0 Å². The van der Waals surface area contributed by atoms with Crippen LogP contribution in [0.2, 0.25) is 0 Å². The lowest BCUT2D eigenvalue weighted by molar-refractivity contribution is -0.870. The predicted molar refractivity (Wildman–Crippen MR) is 243 cm³/mol. The Balaban J connectivity index is 4.33. The molecule has 0 bridgehead atoms. The summed E-state index contributed by atoms with van der Waals surface area (Å²) in [6, 6.07) is 0.